The average Bonchev–Trinajstić information content (AvgIpc) is 3.22. The number of ketones is 1. The topological polar surface area (TPSA) is 85.5 Å². The number of aryl methyl sites for hydroxylation is 2. The minimum Gasteiger partial charge on any atom is -0.366 e. The molecule has 1 saturated heterocycles. The summed E-state index contributed by atoms with van der Waals surface area (Å²) in [5.41, 5.74) is 0.733. The Morgan fingerprint density at radius 1 is 1.38 bits per heavy atom. The van der Waals surface area contributed by atoms with Gasteiger partial charge in [-0.15, -0.1) is 11.3 Å². The average molecular weight is 349 g/mol. The third-order valence-corrected chi connectivity index (χ3v) is 4.96. The Balaban J connectivity index is 1.55. The molecule has 0 radical (unpaired) electrons. The maximum absolute atomic E-state index is 12.4. The number of rotatable bonds is 5. The fraction of sp³-hybridized carbons (Fsp3) is 0.500. The van der Waals surface area contributed by atoms with Gasteiger partial charge in [0.2, 0.25) is 18.1 Å². The van der Waals surface area contributed by atoms with Crippen LogP contribution in [0.25, 0.3) is 0 Å². The summed E-state index contributed by atoms with van der Waals surface area (Å²) < 4.78 is 10.3. The first-order valence-electron chi connectivity index (χ1n) is 7.80. The predicted molar refractivity (Wildman–Crippen MR) is 86.9 cm³/mol. The first-order valence-corrected chi connectivity index (χ1v) is 8.62. The van der Waals surface area contributed by atoms with Gasteiger partial charge in [0.1, 0.15) is 6.10 Å². The number of morpholine rings is 1. The molecule has 0 unspecified atom stereocenters. The lowest BCUT2D eigenvalue weighted by Crippen LogP contribution is -2.42. The van der Waals surface area contributed by atoms with Crippen LogP contribution in [0.4, 0.5) is 0 Å². The molecule has 24 heavy (non-hydrogen) atoms. The molecule has 2 aromatic rings. The van der Waals surface area contributed by atoms with E-state index >= 15 is 0 Å². The van der Waals surface area contributed by atoms with Crippen LogP contribution in [0, 0.1) is 13.8 Å². The van der Waals surface area contributed by atoms with Crippen LogP contribution in [-0.4, -0.2) is 46.4 Å². The van der Waals surface area contributed by atoms with Gasteiger partial charge in [-0.25, -0.2) is 0 Å². The Morgan fingerprint density at radius 3 is 2.88 bits per heavy atom. The van der Waals surface area contributed by atoms with Crippen molar-refractivity contribution in [3.63, 3.8) is 0 Å². The highest BCUT2D eigenvalue weighted by molar-refractivity contribution is 7.12. The molecule has 0 saturated carbocycles. The van der Waals surface area contributed by atoms with Gasteiger partial charge in [-0.2, -0.15) is 4.98 Å². The molecule has 0 aliphatic carbocycles. The van der Waals surface area contributed by atoms with Gasteiger partial charge in [0.05, 0.1) is 13.2 Å². The Hall–Kier alpha value is -2.06. The van der Waals surface area contributed by atoms with Crippen molar-refractivity contribution >= 4 is 23.0 Å². The highest BCUT2D eigenvalue weighted by Crippen LogP contribution is 2.23. The lowest BCUT2D eigenvalue weighted by atomic mass is 10.1. The summed E-state index contributed by atoms with van der Waals surface area (Å²) in [5.74, 6) is 0.408. The van der Waals surface area contributed by atoms with Gasteiger partial charge < -0.3 is 14.2 Å². The molecule has 3 heterocycles. The Labute approximate surface area is 143 Å². The summed E-state index contributed by atoms with van der Waals surface area (Å²) in [7, 11) is 0. The number of aromatic nitrogens is 2. The predicted octanol–water partition coefficient (Wildman–Crippen LogP) is 2.31. The minimum absolute atomic E-state index is 0.0215. The van der Waals surface area contributed by atoms with Crippen molar-refractivity contribution in [3.05, 3.63) is 33.6 Å². The molecule has 1 aliphatic heterocycles. The molecular weight excluding hydrogens is 330 g/mol. The Morgan fingerprint density at radius 2 is 2.21 bits per heavy atom. The molecule has 0 N–H and O–H groups in total. The van der Waals surface area contributed by atoms with Crippen molar-refractivity contribution in [2.24, 2.45) is 0 Å². The van der Waals surface area contributed by atoms with Crippen molar-refractivity contribution in [2.75, 3.05) is 19.7 Å². The number of amides is 1. The number of hydrogen-bond donors (Lipinski definition) is 0. The summed E-state index contributed by atoms with van der Waals surface area (Å²) in [6.07, 6.45) is 1.29. The van der Waals surface area contributed by atoms with Gasteiger partial charge in [-0.3, -0.25) is 9.59 Å². The third kappa shape index (κ3) is 3.70. The zero-order chi connectivity index (χ0) is 17.1. The van der Waals surface area contributed by atoms with Crippen LogP contribution in [0.3, 0.4) is 0 Å². The molecule has 1 aliphatic rings. The van der Waals surface area contributed by atoms with E-state index in [0.717, 1.165) is 15.3 Å². The second-order valence-electron chi connectivity index (χ2n) is 5.74. The highest BCUT2D eigenvalue weighted by atomic mass is 32.1. The number of thiophene rings is 1. The standard InChI is InChI=1S/C16H19N3O4S/c1-10-7-12(11(2)24-10)13(20)3-4-15(21)19-5-6-22-14(8-19)16-17-9-23-18-16/h7,9,14H,3-6,8H2,1-2H3/t14-/m0/s1. The number of carbonyl (C=O) groups excluding carboxylic acids is 2. The summed E-state index contributed by atoms with van der Waals surface area (Å²) >= 11 is 1.60. The van der Waals surface area contributed by atoms with Crippen molar-refractivity contribution in [1.82, 2.24) is 15.0 Å². The summed E-state index contributed by atoms with van der Waals surface area (Å²) in [4.78, 5) is 32.5. The smallest absolute Gasteiger partial charge is 0.223 e. The summed E-state index contributed by atoms with van der Waals surface area (Å²) in [6.45, 7) is 5.22. The first kappa shape index (κ1) is 16.8. The number of hydrogen-bond acceptors (Lipinski definition) is 7. The maximum Gasteiger partial charge on any atom is 0.223 e. The van der Waals surface area contributed by atoms with E-state index in [-0.39, 0.29) is 30.6 Å². The SMILES string of the molecule is Cc1cc(C(=O)CCC(=O)N2CCO[C@H](c3ncon3)C2)c(C)s1. The van der Waals surface area contributed by atoms with Gasteiger partial charge >= 0.3 is 0 Å². The molecule has 3 rings (SSSR count). The van der Waals surface area contributed by atoms with E-state index in [1.807, 2.05) is 19.9 Å². The quantitative estimate of drug-likeness (QED) is 0.770. The maximum atomic E-state index is 12.4. The van der Waals surface area contributed by atoms with Crippen LogP contribution < -0.4 is 0 Å². The third-order valence-electron chi connectivity index (χ3n) is 3.99. The van der Waals surface area contributed by atoms with E-state index in [1.54, 1.807) is 16.2 Å². The molecule has 0 aromatic carbocycles. The van der Waals surface area contributed by atoms with Crippen molar-refractivity contribution < 1.29 is 18.8 Å². The molecule has 1 atom stereocenters. The monoisotopic (exact) mass is 349 g/mol. The largest absolute Gasteiger partial charge is 0.366 e. The molecule has 1 fully saturated rings. The zero-order valence-corrected chi connectivity index (χ0v) is 14.5. The van der Waals surface area contributed by atoms with Gasteiger partial charge in [0.15, 0.2) is 5.78 Å². The summed E-state index contributed by atoms with van der Waals surface area (Å²) in [5, 5.41) is 3.76. The molecule has 0 spiro atoms. The van der Waals surface area contributed by atoms with Crippen LogP contribution in [-0.2, 0) is 9.53 Å². The van der Waals surface area contributed by atoms with Crippen LogP contribution in [0.2, 0.25) is 0 Å². The molecule has 0 bridgehead atoms. The molecule has 128 valence electrons. The molecule has 8 heteroatoms. The fourth-order valence-corrected chi connectivity index (χ4v) is 3.72. The van der Waals surface area contributed by atoms with Gasteiger partial charge in [-0.05, 0) is 19.9 Å². The van der Waals surface area contributed by atoms with E-state index in [1.165, 1.54) is 6.39 Å². The van der Waals surface area contributed by atoms with Crippen LogP contribution in [0.1, 0.15) is 44.9 Å². The fourth-order valence-electron chi connectivity index (χ4n) is 2.77. The molecule has 7 nitrogen and oxygen atoms in total. The highest BCUT2D eigenvalue weighted by Gasteiger charge is 2.28. The lowest BCUT2D eigenvalue weighted by Gasteiger charge is -2.31. The van der Waals surface area contributed by atoms with E-state index in [4.69, 9.17) is 9.26 Å². The van der Waals surface area contributed by atoms with E-state index in [2.05, 4.69) is 10.1 Å². The van der Waals surface area contributed by atoms with Crippen LogP contribution in [0.5, 0.6) is 0 Å². The second-order valence-corrected chi connectivity index (χ2v) is 7.20. The van der Waals surface area contributed by atoms with Crippen LogP contribution >= 0.6 is 11.3 Å². The van der Waals surface area contributed by atoms with Crippen LogP contribution in [0.15, 0.2) is 17.0 Å². The van der Waals surface area contributed by atoms with Crippen molar-refractivity contribution in [3.8, 4) is 0 Å². The van der Waals surface area contributed by atoms with E-state index < -0.39 is 0 Å². The number of Topliss-reactive ketones (excluding diaryl/α,β-unsaturated/α-hetero) is 1. The minimum atomic E-state index is -0.376. The molecule has 1 amide bonds. The zero-order valence-electron chi connectivity index (χ0n) is 13.7. The second kappa shape index (κ2) is 7.23. The van der Waals surface area contributed by atoms with Gasteiger partial charge in [-0.1, -0.05) is 5.16 Å². The van der Waals surface area contributed by atoms with Gasteiger partial charge in [0, 0.05) is 34.7 Å². The first-order chi connectivity index (χ1) is 11.5. The van der Waals surface area contributed by atoms with E-state index in [9.17, 15) is 9.59 Å². The van der Waals surface area contributed by atoms with E-state index in [0.29, 0.717) is 25.5 Å². The lowest BCUT2D eigenvalue weighted by molar-refractivity contribution is -0.139. The Kier molecular flexibility index (Phi) is 5.06. The number of carbonyl (C=O) groups is 2. The number of ether oxygens (including phenoxy) is 1. The van der Waals surface area contributed by atoms with Crippen molar-refractivity contribution in [1.29, 1.82) is 0 Å². The number of nitrogens with zero attached hydrogens (tertiary/aromatic N) is 3. The molecular formula is C16H19N3O4S. The molecule has 2 aromatic heterocycles. The normalized spacial score (nSPS) is 17.9. The summed E-state index contributed by atoms with van der Waals surface area (Å²) in [6, 6.07) is 1.90. The Bertz CT molecular complexity index is 726. The van der Waals surface area contributed by atoms with Crippen molar-refractivity contribution in [2.45, 2.75) is 32.8 Å². The van der Waals surface area contributed by atoms with Gasteiger partial charge in [0.25, 0.3) is 0 Å².